The van der Waals surface area contributed by atoms with Gasteiger partial charge in [-0.05, 0) is 51.5 Å². The smallest absolute Gasteiger partial charge is 0.222 e. The first-order chi connectivity index (χ1) is 12.8. The fraction of sp³-hybridized carbons (Fsp3) is 0.667. The van der Waals surface area contributed by atoms with Crippen molar-refractivity contribution in [3.05, 3.63) is 34.9 Å². The third-order valence-electron chi connectivity index (χ3n) is 5.76. The van der Waals surface area contributed by atoms with Crippen molar-refractivity contribution in [1.29, 1.82) is 0 Å². The van der Waals surface area contributed by atoms with Crippen LogP contribution in [0.1, 0.15) is 61.6 Å². The lowest BCUT2D eigenvalue weighted by atomic mass is 10.0. The van der Waals surface area contributed by atoms with Gasteiger partial charge in [0.1, 0.15) is 0 Å². The maximum absolute atomic E-state index is 12.7. The van der Waals surface area contributed by atoms with Crippen LogP contribution in [0.15, 0.2) is 18.2 Å². The van der Waals surface area contributed by atoms with E-state index in [1.807, 2.05) is 0 Å². The van der Waals surface area contributed by atoms with Gasteiger partial charge in [-0.2, -0.15) is 0 Å². The van der Waals surface area contributed by atoms with Crippen molar-refractivity contribution in [3.63, 3.8) is 0 Å². The SMILES string of the molecule is Cc1cc(C)cc(CCC(=O)N2CCC[C@H](S(=O)(=O)NC3CCCC3)C2)c1. The number of aryl methyl sites for hydroxylation is 3. The van der Waals surface area contributed by atoms with Crippen LogP contribution >= 0.6 is 0 Å². The summed E-state index contributed by atoms with van der Waals surface area (Å²) in [6.45, 7) is 5.13. The molecule has 0 aromatic heterocycles. The van der Waals surface area contributed by atoms with E-state index in [1.54, 1.807) is 4.90 Å². The van der Waals surface area contributed by atoms with Gasteiger partial charge in [0, 0.05) is 25.6 Å². The summed E-state index contributed by atoms with van der Waals surface area (Å²) in [7, 11) is -3.36. The van der Waals surface area contributed by atoms with Crippen molar-refractivity contribution in [3.8, 4) is 0 Å². The Morgan fingerprint density at radius 3 is 2.41 bits per heavy atom. The van der Waals surface area contributed by atoms with Crippen LogP contribution in [0, 0.1) is 13.8 Å². The summed E-state index contributed by atoms with van der Waals surface area (Å²) in [5, 5.41) is -0.475. The first-order valence-electron chi connectivity index (χ1n) is 10.2. The van der Waals surface area contributed by atoms with Crippen molar-refractivity contribution >= 4 is 15.9 Å². The van der Waals surface area contributed by atoms with E-state index in [0.717, 1.165) is 32.1 Å². The van der Waals surface area contributed by atoms with Crippen LogP contribution in [0.4, 0.5) is 0 Å². The number of amides is 1. The molecule has 0 spiro atoms. The molecule has 1 amide bonds. The Morgan fingerprint density at radius 2 is 1.74 bits per heavy atom. The maximum Gasteiger partial charge on any atom is 0.222 e. The van der Waals surface area contributed by atoms with Gasteiger partial charge in [-0.25, -0.2) is 13.1 Å². The average molecular weight is 393 g/mol. The minimum Gasteiger partial charge on any atom is -0.341 e. The van der Waals surface area contributed by atoms with E-state index in [2.05, 4.69) is 36.8 Å². The van der Waals surface area contributed by atoms with Crippen LogP contribution < -0.4 is 4.72 Å². The molecule has 1 saturated carbocycles. The second-order valence-electron chi connectivity index (χ2n) is 8.24. The van der Waals surface area contributed by atoms with E-state index in [0.29, 0.717) is 32.4 Å². The number of sulfonamides is 1. The highest BCUT2D eigenvalue weighted by molar-refractivity contribution is 7.90. The number of hydrogen-bond donors (Lipinski definition) is 1. The Balaban J connectivity index is 1.55. The zero-order valence-corrected chi connectivity index (χ0v) is 17.4. The molecule has 1 aliphatic carbocycles. The number of carbonyl (C=O) groups excluding carboxylic acids is 1. The van der Waals surface area contributed by atoms with Gasteiger partial charge in [-0.15, -0.1) is 0 Å². The van der Waals surface area contributed by atoms with E-state index in [9.17, 15) is 13.2 Å². The fourth-order valence-electron chi connectivity index (χ4n) is 4.41. The third kappa shape index (κ3) is 5.55. The molecular weight excluding hydrogens is 360 g/mol. The lowest BCUT2D eigenvalue weighted by molar-refractivity contribution is -0.131. The molecule has 1 heterocycles. The highest BCUT2D eigenvalue weighted by Gasteiger charge is 2.34. The molecule has 0 bridgehead atoms. The van der Waals surface area contributed by atoms with E-state index >= 15 is 0 Å². The van der Waals surface area contributed by atoms with Gasteiger partial charge in [-0.1, -0.05) is 42.2 Å². The molecule has 1 saturated heterocycles. The molecule has 5 nitrogen and oxygen atoms in total. The van der Waals surface area contributed by atoms with Crippen molar-refractivity contribution in [2.75, 3.05) is 13.1 Å². The summed E-state index contributed by atoms with van der Waals surface area (Å²) in [5.41, 5.74) is 3.59. The predicted octanol–water partition coefficient (Wildman–Crippen LogP) is 3.09. The monoisotopic (exact) mass is 392 g/mol. The molecule has 150 valence electrons. The number of likely N-dealkylation sites (tertiary alicyclic amines) is 1. The Labute approximate surface area is 163 Å². The van der Waals surface area contributed by atoms with Gasteiger partial charge >= 0.3 is 0 Å². The van der Waals surface area contributed by atoms with Gasteiger partial charge in [0.2, 0.25) is 15.9 Å². The molecule has 1 aromatic rings. The minimum absolute atomic E-state index is 0.0647. The molecule has 0 radical (unpaired) electrons. The Bertz CT molecular complexity index is 749. The zero-order chi connectivity index (χ0) is 19.4. The van der Waals surface area contributed by atoms with Gasteiger partial charge < -0.3 is 4.90 Å². The summed E-state index contributed by atoms with van der Waals surface area (Å²) < 4.78 is 28.3. The summed E-state index contributed by atoms with van der Waals surface area (Å²) in [4.78, 5) is 14.4. The first kappa shape index (κ1) is 20.3. The van der Waals surface area contributed by atoms with E-state index in [4.69, 9.17) is 0 Å². The largest absolute Gasteiger partial charge is 0.341 e. The van der Waals surface area contributed by atoms with E-state index in [1.165, 1.54) is 16.7 Å². The van der Waals surface area contributed by atoms with Crippen LogP contribution in [-0.2, 0) is 21.2 Å². The number of nitrogens with zero attached hydrogens (tertiary/aromatic N) is 1. The lowest BCUT2D eigenvalue weighted by Crippen LogP contribution is -2.50. The van der Waals surface area contributed by atoms with Crippen LogP contribution in [0.2, 0.25) is 0 Å². The van der Waals surface area contributed by atoms with Crippen molar-refractivity contribution in [2.45, 2.75) is 76.5 Å². The summed E-state index contributed by atoms with van der Waals surface area (Å²) >= 11 is 0. The van der Waals surface area contributed by atoms with Crippen molar-refractivity contribution in [1.82, 2.24) is 9.62 Å². The highest BCUT2D eigenvalue weighted by atomic mass is 32.2. The van der Waals surface area contributed by atoms with Gasteiger partial charge in [0.05, 0.1) is 5.25 Å². The molecular formula is C21H32N2O3S. The van der Waals surface area contributed by atoms with Crippen LogP contribution in [0.5, 0.6) is 0 Å². The molecule has 27 heavy (non-hydrogen) atoms. The van der Waals surface area contributed by atoms with Gasteiger partial charge in [0.25, 0.3) is 0 Å². The Hall–Kier alpha value is -1.40. The molecule has 2 fully saturated rings. The summed E-state index contributed by atoms with van der Waals surface area (Å²) in [6, 6.07) is 6.46. The number of rotatable bonds is 6. The number of hydrogen-bond acceptors (Lipinski definition) is 3. The third-order valence-corrected chi connectivity index (χ3v) is 7.69. The second kappa shape index (κ2) is 8.74. The Kier molecular flexibility index (Phi) is 6.58. The molecule has 6 heteroatoms. The van der Waals surface area contributed by atoms with Crippen LogP contribution in [-0.4, -0.2) is 43.6 Å². The lowest BCUT2D eigenvalue weighted by Gasteiger charge is -2.33. The highest BCUT2D eigenvalue weighted by Crippen LogP contribution is 2.22. The topological polar surface area (TPSA) is 66.5 Å². The number of carbonyl (C=O) groups is 1. The minimum atomic E-state index is -3.36. The molecule has 1 N–H and O–H groups in total. The molecule has 0 unspecified atom stereocenters. The van der Waals surface area contributed by atoms with Gasteiger partial charge in [-0.3, -0.25) is 4.79 Å². The molecule has 1 atom stereocenters. The Morgan fingerprint density at radius 1 is 1.07 bits per heavy atom. The fourth-order valence-corrected chi connectivity index (χ4v) is 6.16. The molecule has 1 aromatic carbocycles. The quantitative estimate of drug-likeness (QED) is 0.809. The average Bonchev–Trinajstić information content (AvgIpc) is 3.11. The van der Waals surface area contributed by atoms with Crippen LogP contribution in [0.3, 0.4) is 0 Å². The van der Waals surface area contributed by atoms with Gasteiger partial charge in [0.15, 0.2) is 0 Å². The van der Waals surface area contributed by atoms with E-state index < -0.39 is 15.3 Å². The van der Waals surface area contributed by atoms with Crippen molar-refractivity contribution < 1.29 is 13.2 Å². The predicted molar refractivity (Wildman–Crippen MR) is 108 cm³/mol. The summed E-state index contributed by atoms with van der Waals surface area (Å²) in [6.07, 6.45) is 6.60. The first-order valence-corrected chi connectivity index (χ1v) is 11.7. The second-order valence-corrected chi connectivity index (χ2v) is 10.2. The number of benzene rings is 1. The number of piperidine rings is 1. The molecule has 1 aliphatic heterocycles. The summed E-state index contributed by atoms with van der Waals surface area (Å²) in [5.74, 6) is 0.0647. The number of nitrogens with one attached hydrogen (secondary N) is 1. The standard InChI is InChI=1S/C21H32N2O3S/c1-16-12-17(2)14-18(13-16)9-10-21(24)23-11-5-8-20(15-23)27(25,26)22-19-6-3-4-7-19/h12-14,19-20,22H,3-11,15H2,1-2H3/t20-/m0/s1. The van der Waals surface area contributed by atoms with E-state index in [-0.39, 0.29) is 11.9 Å². The van der Waals surface area contributed by atoms with Crippen molar-refractivity contribution in [2.24, 2.45) is 0 Å². The zero-order valence-electron chi connectivity index (χ0n) is 16.5. The normalized spacial score (nSPS) is 21.6. The van der Waals surface area contributed by atoms with Crippen LogP contribution in [0.25, 0.3) is 0 Å². The maximum atomic E-state index is 12.7. The molecule has 2 aliphatic rings. The molecule has 3 rings (SSSR count).